The summed E-state index contributed by atoms with van der Waals surface area (Å²) in [5.41, 5.74) is 2.19. The van der Waals surface area contributed by atoms with E-state index in [0.29, 0.717) is 17.6 Å². The minimum absolute atomic E-state index is 0.105. The second-order valence-corrected chi connectivity index (χ2v) is 9.47. The van der Waals surface area contributed by atoms with E-state index < -0.39 is 0 Å². The maximum Gasteiger partial charge on any atom is 0.224 e. The van der Waals surface area contributed by atoms with Crippen molar-refractivity contribution in [1.29, 1.82) is 0 Å². The third-order valence-corrected chi connectivity index (χ3v) is 5.89. The number of thioether (sulfide) groups is 1. The van der Waals surface area contributed by atoms with Crippen LogP contribution in [0.4, 0.5) is 0 Å². The van der Waals surface area contributed by atoms with Gasteiger partial charge in [0.2, 0.25) is 11.8 Å². The number of carbonyl (C=O) groups excluding carboxylic acids is 1. The lowest BCUT2D eigenvalue weighted by molar-refractivity contribution is -0.121. The highest BCUT2D eigenvalue weighted by atomic mass is 32.2. The fourth-order valence-electron chi connectivity index (χ4n) is 3.44. The predicted octanol–water partition coefficient (Wildman–Crippen LogP) is 4.94. The van der Waals surface area contributed by atoms with Crippen LogP contribution in [0.25, 0.3) is 0 Å². The molecule has 0 atom stereocenters. The van der Waals surface area contributed by atoms with Crippen LogP contribution in [0.2, 0.25) is 0 Å². The smallest absolute Gasteiger partial charge is 0.224 e. The zero-order valence-corrected chi connectivity index (χ0v) is 17.8. The van der Waals surface area contributed by atoms with E-state index in [9.17, 15) is 4.79 Å². The van der Waals surface area contributed by atoms with Gasteiger partial charge in [0.15, 0.2) is 0 Å². The topological polar surface area (TPSA) is 51.2 Å². The van der Waals surface area contributed by atoms with Gasteiger partial charge < -0.3 is 10.1 Å². The Bertz CT molecular complexity index is 751. The Balaban J connectivity index is 1.40. The maximum atomic E-state index is 12.4. The Labute approximate surface area is 172 Å². The quantitative estimate of drug-likeness (QED) is 0.671. The SMILES string of the molecule is Cc1ccc(OC2CCC(NC(=O)Cc3ccc(SC(C)C)cc3)CC2)nc1. The first-order chi connectivity index (χ1) is 13.5. The first-order valence-electron chi connectivity index (χ1n) is 10.1. The summed E-state index contributed by atoms with van der Waals surface area (Å²) >= 11 is 1.84. The van der Waals surface area contributed by atoms with Crippen LogP contribution in [0.5, 0.6) is 5.88 Å². The minimum atomic E-state index is 0.105. The van der Waals surface area contributed by atoms with E-state index in [-0.39, 0.29) is 18.1 Å². The molecular formula is C23H30N2O2S. The van der Waals surface area contributed by atoms with E-state index in [1.807, 2.05) is 37.0 Å². The van der Waals surface area contributed by atoms with E-state index in [0.717, 1.165) is 36.8 Å². The van der Waals surface area contributed by atoms with Crippen LogP contribution < -0.4 is 10.1 Å². The predicted molar refractivity (Wildman–Crippen MR) is 115 cm³/mol. The number of nitrogens with zero attached hydrogens (tertiary/aromatic N) is 1. The third-order valence-electron chi connectivity index (χ3n) is 4.87. The van der Waals surface area contributed by atoms with Gasteiger partial charge in [-0.05, 0) is 55.9 Å². The van der Waals surface area contributed by atoms with Gasteiger partial charge in [-0.15, -0.1) is 11.8 Å². The van der Waals surface area contributed by atoms with Gasteiger partial charge in [-0.25, -0.2) is 4.98 Å². The van der Waals surface area contributed by atoms with Crippen LogP contribution >= 0.6 is 11.8 Å². The number of nitrogens with one attached hydrogen (secondary N) is 1. The van der Waals surface area contributed by atoms with Gasteiger partial charge in [0.05, 0.1) is 6.42 Å². The Morgan fingerprint density at radius 3 is 2.46 bits per heavy atom. The number of ether oxygens (including phenoxy) is 1. The summed E-state index contributed by atoms with van der Waals surface area (Å²) in [4.78, 5) is 18.0. The highest BCUT2D eigenvalue weighted by Gasteiger charge is 2.23. The summed E-state index contributed by atoms with van der Waals surface area (Å²) < 4.78 is 5.97. The van der Waals surface area contributed by atoms with Gasteiger partial charge in [-0.3, -0.25) is 4.79 Å². The van der Waals surface area contributed by atoms with E-state index in [4.69, 9.17) is 4.74 Å². The highest BCUT2D eigenvalue weighted by molar-refractivity contribution is 7.99. The lowest BCUT2D eigenvalue weighted by Crippen LogP contribution is -2.40. The van der Waals surface area contributed by atoms with Crippen molar-refractivity contribution < 1.29 is 9.53 Å². The molecule has 1 saturated carbocycles. The highest BCUT2D eigenvalue weighted by Crippen LogP contribution is 2.24. The number of aromatic nitrogens is 1. The average molecular weight is 399 g/mol. The molecular weight excluding hydrogens is 368 g/mol. The molecule has 1 aromatic heterocycles. The molecule has 1 aliphatic carbocycles. The first-order valence-corrected chi connectivity index (χ1v) is 11.0. The normalized spacial score (nSPS) is 19.4. The number of amides is 1. The summed E-state index contributed by atoms with van der Waals surface area (Å²) in [5.74, 6) is 0.797. The van der Waals surface area contributed by atoms with Crippen molar-refractivity contribution in [2.24, 2.45) is 0 Å². The molecule has 0 bridgehead atoms. The van der Waals surface area contributed by atoms with Crippen molar-refractivity contribution in [1.82, 2.24) is 10.3 Å². The minimum Gasteiger partial charge on any atom is -0.474 e. The molecule has 150 valence electrons. The summed E-state index contributed by atoms with van der Waals surface area (Å²) in [7, 11) is 0. The molecule has 0 saturated heterocycles. The molecule has 1 aromatic carbocycles. The van der Waals surface area contributed by atoms with Crippen LogP contribution in [0.15, 0.2) is 47.5 Å². The van der Waals surface area contributed by atoms with Gasteiger partial charge in [-0.2, -0.15) is 0 Å². The maximum absolute atomic E-state index is 12.4. The van der Waals surface area contributed by atoms with Crippen molar-refractivity contribution in [3.63, 3.8) is 0 Å². The Hall–Kier alpha value is -2.01. The molecule has 5 heteroatoms. The monoisotopic (exact) mass is 398 g/mol. The van der Waals surface area contributed by atoms with Crippen molar-refractivity contribution in [3.8, 4) is 5.88 Å². The van der Waals surface area contributed by atoms with E-state index >= 15 is 0 Å². The summed E-state index contributed by atoms with van der Waals surface area (Å²) in [6, 6.07) is 12.5. The molecule has 0 aliphatic heterocycles. The zero-order valence-electron chi connectivity index (χ0n) is 17.0. The second kappa shape index (κ2) is 9.97. The third kappa shape index (κ3) is 6.55. The van der Waals surface area contributed by atoms with Gasteiger partial charge in [0.1, 0.15) is 6.10 Å². The molecule has 1 heterocycles. The summed E-state index contributed by atoms with van der Waals surface area (Å²) in [6.45, 7) is 6.38. The first kappa shape index (κ1) is 20.7. The van der Waals surface area contributed by atoms with E-state index in [1.54, 1.807) is 0 Å². The van der Waals surface area contributed by atoms with Crippen LogP contribution in [0, 0.1) is 6.92 Å². The summed E-state index contributed by atoms with van der Waals surface area (Å²) in [5, 5.41) is 3.76. The van der Waals surface area contributed by atoms with Gasteiger partial charge in [0, 0.05) is 28.5 Å². The number of carbonyl (C=O) groups is 1. The molecule has 1 N–H and O–H groups in total. The molecule has 2 aromatic rings. The number of benzene rings is 1. The van der Waals surface area contributed by atoms with Crippen LogP contribution in [0.3, 0.4) is 0 Å². The van der Waals surface area contributed by atoms with Crippen molar-refractivity contribution >= 4 is 17.7 Å². The number of hydrogen-bond donors (Lipinski definition) is 1. The molecule has 0 spiro atoms. The summed E-state index contributed by atoms with van der Waals surface area (Å²) in [6.07, 6.45) is 6.25. The fraction of sp³-hybridized carbons (Fsp3) is 0.478. The number of rotatable bonds is 7. The lowest BCUT2D eigenvalue weighted by atomic mass is 9.92. The largest absolute Gasteiger partial charge is 0.474 e. The molecule has 1 amide bonds. The number of aryl methyl sites for hydroxylation is 1. The molecule has 28 heavy (non-hydrogen) atoms. The van der Waals surface area contributed by atoms with Crippen molar-refractivity contribution in [2.75, 3.05) is 0 Å². The van der Waals surface area contributed by atoms with Crippen LogP contribution in [0.1, 0.15) is 50.7 Å². The van der Waals surface area contributed by atoms with Crippen molar-refractivity contribution in [3.05, 3.63) is 53.7 Å². The standard InChI is InChI=1S/C23H30N2O2S/c1-16(2)28-21-11-5-18(6-12-21)14-22(26)25-19-7-9-20(10-8-19)27-23-13-4-17(3)15-24-23/h4-6,11-13,15-16,19-20H,7-10,14H2,1-3H3,(H,25,26). The Morgan fingerprint density at radius 1 is 1.14 bits per heavy atom. The molecule has 4 nitrogen and oxygen atoms in total. The number of pyridine rings is 1. The Kier molecular flexibility index (Phi) is 7.37. The Morgan fingerprint density at radius 2 is 1.86 bits per heavy atom. The molecule has 1 aliphatic rings. The average Bonchev–Trinajstić information content (AvgIpc) is 2.66. The zero-order chi connectivity index (χ0) is 19.9. The van der Waals surface area contributed by atoms with Crippen LogP contribution in [-0.4, -0.2) is 28.3 Å². The van der Waals surface area contributed by atoms with Gasteiger partial charge in [-0.1, -0.05) is 32.0 Å². The molecule has 0 radical (unpaired) electrons. The molecule has 0 unspecified atom stereocenters. The molecule has 1 fully saturated rings. The van der Waals surface area contributed by atoms with E-state index in [2.05, 4.69) is 48.4 Å². The molecule has 3 rings (SSSR count). The lowest BCUT2D eigenvalue weighted by Gasteiger charge is -2.29. The van der Waals surface area contributed by atoms with Crippen molar-refractivity contribution in [2.45, 2.75) is 75.2 Å². The van der Waals surface area contributed by atoms with Crippen LogP contribution in [-0.2, 0) is 11.2 Å². The fourth-order valence-corrected chi connectivity index (χ4v) is 4.28. The van der Waals surface area contributed by atoms with Gasteiger partial charge >= 0.3 is 0 Å². The van der Waals surface area contributed by atoms with E-state index in [1.165, 1.54) is 4.90 Å². The van der Waals surface area contributed by atoms with Gasteiger partial charge in [0.25, 0.3) is 0 Å². The second-order valence-electron chi connectivity index (χ2n) is 7.82. The number of hydrogen-bond acceptors (Lipinski definition) is 4.